The molecule has 0 spiro atoms. The molecule has 5 nitrogen and oxygen atoms in total. The van der Waals surface area contributed by atoms with Crippen molar-refractivity contribution in [2.45, 2.75) is 64.8 Å². The predicted molar refractivity (Wildman–Crippen MR) is 101 cm³/mol. The molecule has 0 radical (unpaired) electrons. The van der Waals surface area contributed by atoms with Crippen molar-refractivity contribution in [2.24, 2.45) is 5.10 Å². The largest absolute Gasteiger partial charge is 0.353 e. The number of carbonyl (C=O) groups is 2. The van der Waals surface area contributed by atoms with E-state index >= 15 is 0 Å². The van der Waals surface area contributed by atoms with Gasteiger partial charge in [-0.25, -0.2) is 5.43 Å². The summed E-state index contributed by atoms with van der Waals surface area (Å²) in [5.41, 5.74) is 4.39. The van der Waals surface area contributed by atoms with Crippen molar-refractivity contribution in [3.05, 3.63) is 34.3 Å². The first kappa shape index (κ1) is 19.4. The minimum absolute atomic E-state index is 0.0409. The van der Waals surface area contributed by atoms with E-state index in [-0.39, 0.29) is 24.3 Å². The van der Waals surface area contributed by atoms with E-state index in [0.717, 1.165) is 18.4 Å². The molecule has 1 aliphatic rings. The molecule has 1 aliphatic carbocycles. The number of carbonyl (C=O) groups excluding carboxylic acids is 2. The van der Waals surface area contributed by atoms with Crippen LogP contribution >= 0.6 is 11.6 Å². The van der Waals surface area contributed by atoms with Crippen LogP contribution in [0.15, 0.2) is 23.3 Å². The molecule has 0 saturated heterocycles. The van der Waals surface area contributed by atoms with Gasteiger partial charge in [0.25, 0.3) is 5.91 Å². The molecule has 25 heavy (non-hydrogen) atoms. The summed E-state index contributed by atoms with van der Waals surface area (Å²) >= 11 is 6.02. The van der Waals surface area contributed by atoms with Gasteiger partial charge in [0, 0.05) is 22.3 Å². The van der Waals surface area contributed by atoms with E-state index in [1.54, 1.807) is 25.1 Å². The number of benzene rings is 1. The van der Waals surface area contributed by atoms with Gasteiger partial charge in [0.05, 0.1) is 6.42 Å². The second-order valence-electron chi connectivity index (χ2n) is 6.68. The molecule has 1 aromatic carbocycles. The minimum Gasteiger partial charge on any atom is -0.353 e. The molecule has 1 aromatic rings. The van der Waals surface area contributed by atoms with E-state index in [4.69, 9.17) is 11.6 Å². The summed E-state index contributed by atoms with van der Waals surface area (Å²) in [6, 6.07) is 5.36. The van der Waals surface area contributed by atoms with Gasteiger partial charge in [-0.05, 0) is 44.4 Å². The number of rotatable bonds is 5. The molecule has 136 valence electrons. The highest BCUT2D eigenvalue weighted by atomic mass is 35.5. The van der Waals surface area contributed by atoms with Gasteiger partial charge in [-0.15, -0.1) is 0 Å². The highest BCUT2D eigenvalue weighted by molar-refractivity contribution is 6.31. The molecular formula is C19H26ClN3O2. The van der Waals surface area contributed by atoms with E-state index in [9.17, 15) is 9.59 Å². The van der Waals surface area contributed by atoms with Gasteiger partial charge < -0.3 is 5.32 Å². The maximum Gasteiger partial charge on any atom is 0.271 e. The molecule has 2 rings (SSSR count). The van der Waals surface area contributed by atoms with Crippen molar-refractivity contribution in [1.82, 2.24) is 10.7 Å². The third-order valence-electron chi connectivity index (χ3n) is 4.42. The Morgan fingerprint density at radius 1 is 1.20 bits per heavy atom. The van der Waals surface area contributed by atoms with Crippen molar-refractivity contribution in [3.8, 4) is 0 Å². The summed E-state index contributed by atoms with van der Waals surface area (Å²) in [6.07, 6.45) is 7.13. The summed E-state index contributed by atoms with van der Waals surface area (Å²) in [5, 5.41) is 7.63. The monoisotopic (exact) mass is 363 g/mol. The number of hydrazone groups is 1. The van der Waals surface area contributed by atoms with Crippen molar-refractivity contribution >= 4 is 29.1 Å². The minimum atomic E-state index is -0.342. The van der Waals surface area contributed by atoms with Crippen LogP contribution in [0, 0.1) is 6.92 Å². The average Bonchev–Trinajstić information content (AvgIpc) is 2.83. The first-order chi connectivity index (χ1) is 12.0. The summed E-state index contributed by atoms with van der Waals surface area (Å²) < 4.78 is 0. The van der Waals surface area contributed by atoms with Crippen LogP contribution in [0.3, 0.4) is 0 Å². The summed E-state index contributed by atoms with van der Waals surface area (Å²) in [7, 11) is 0. The highest BCUT2D eigenvalue weighted by Gasteiger charge is 2.15. The maximum absolute atomic E-state index is 12.1. The van der Waals surface area contributed by atoms with Crippen molar-refractivity contribution < 1.29 is 9.59 Å². The summed E-state index contributed by atoms with van der Waals surface area (Å²) in [5.74, 6) is -0.383. The third-order valence-corrected chi connectivity index (χ3v) is 4.83. The molecule has 2 N–H and O–H groups in total. The van der Waals surface area contributed by atoms with E-state index in [1.807, 2.05) is 6.92 Å². The SMILES string of the molecule is CC(CC(=O)NC1CCCCCC1)=NNC(=O)c1ccc(C)c(Cl)c1. The zero-order valence-electron chi connectivity index (χ0n) is 14.9. The molecule has 0 aromatic heterocycles. The van der Waals surface area contributed by atoms with Crippen molar-refractivity contribution in [2.75, 3.05) is 0 Å². The molecule has 0 aliphatic heterocycles. The molecule has 0 atom stereocenters. The zero-order valence-corrected chi connectivity index (χ0v) is 15.7. The first-order valence-electron chi connectivity index (χ1n) is 8.84. The summed E-state index contributed by atoms with van der Waals surface area (Å²) in [4.78, 5) is 24.2. The number of hydrogen-bond donors (Lipinski definition) is 2. The Bertz CT molecular complexity index is 650. The molecule has 1 fully saturated rings. The normalized spacial score (nSPS) is 16.2. The number of nitrogens with zero attached hydrogens (tertiary/aromatic N) is 1. The lowest BCUT2D eigenvalue weighted by Crippen LogP contribution is -2.35. The number of hydrogen-bond acceptors (Lipinski definition) is 3. The Labute approximate surface area is 154 Å². The number of amides is 2. The lowest BCUT2D eigenvalue weighted by Gasteiger charge is -2.16. The van der Waals surface area contributed by atoms with Crippen molar-refractivity contribution in [1.29, 1.82) is 0 Å². The Morgan fingerprint density at radius 2 is 1.88 bits per heavy atom. The van der Waals surface area contributed by atoms with Gasteiger partial charge >= 0.3 is 0 Å². The van der Waals surface area contributed by atoms with E-state index in [2.05, 4.69) is 15.8 Å². The van der Waals surface area contributed by atoms with Gasteiger partial charge in [0.1, 0.15) is 0 Å². The Kier molecular flexibility index (Phi) is 7.44. The first-order valence-corrected chi connectivity index (χ1v) is 9.22. The molecule has 6 heteroatoms. The predicted octanol–water partition coefficient (Wildman–Crippen LogP) is 3.98. The highest BCUT2D eigenvalue weighted by Crippen LogP contribution is 2.17. The molecule has 0 bridgehead atoms. The zero-order chi connectivity index (χ0) is 18.2. The second kappa shape index (κ2) is 9.56. The lowest BCUT2D eigenvalue weighted by atomic mass is 10.1. The van der Waals surface area contributed by atoms with Gasteiger partial charge in [-0.1, -0.05) is 43.4 Å². The average molecular weight is 364 g/mol. The van der Waals surface area contributed by atoms with E-state index in [1.165, 1.54) is 25.7 Å². The van der Waals surface area contributed by atoms with Gasteiger partial charge in [-0.2, -0.15) is 5.10 Å². The fourth-order valence-corrected chi connectivity index (χ4v) is 3.10. The fourth-order valence-electron chi connectivity index (χ4n) is 2.92. The Hall–Kier alpha value is -1.88. The van der Waals surface area contributed by atoms with E-state index in [0.29, 0.717) is 16.3 Å². The van der Waals surface area contributed by atoms with Crippen LogP contribution in [-0.4, -0.2) is 23.6 Å². The molecule has 0 heterocycles. The van der Waals surface area contributed by atoms with Crippen LogP contribution in [-0.2, 0) is 4.79 Å². The lowest BCUT2D eigenvalue weighted by molar-refractivity contribution is -0.120. The quantitative estimate of drug-likeness (QED) is 0.472. The molecule has 1 saturated carbocycles. The smallest absolute Gasteiger partial charge is 0.271 e. The maximum atomic E-state index is 12.1. The van der Waals surface area contributed by atoms with Crippen LogP contribution in [0.4, 0.5) is 0 Å². The topological polar surface area (TPSA) is 70.6 Å². The Morgan fingerprint density at radius 3 is 2.52 bits per heavy atom. The third kappa shape index (κ3) is 6.50. The van der Waals surface area contributed by atoms with Gasteiger partial charge in [-0.3, -0.25) is 9.59 Å². The van der Waals surface area contributed by atoms with Crippen LogP contribution in [0.1, 0.15) is 67.8 Å². The van der Waals surface area contributed by atoms with Gasteiger partial charge in [0.2, 0.25) is 5.91 Å². The number of aryl methyl sites for hydroxylation is 1. The van der Waals surface area contributed by atoms with Crippen LogP contribution in [0.5, 0.6) is 0 Å². The van der Waals surface area contributed by atoms with Crippen LogP contribution < -0.4 is 10.7 Å². The van der Waals surface area contributed by atoms with Crippen molar-refractivity contribution in [3.63, 3.8) is 0 Å². The standard InChI is InChI=1S/C19H26ClN3O2/c1-13-9-10-15(12-17(13)20)19(25)23-22-14(2)11-18(24)21-16-7-5-3-4-6-8-16/h9-10,12,16H,3-8,11H2,1-2H3,(H,21,24)(H,23,25). The van der Waals surface area contributed by atoms with Crippen LogP contribution in [0.2, 0.25) is 5.02 Å². The van der Waals surface area contributed by atoms with Gasteiger partial charge in [0.15, 0.2) is 0 Å². The molecule has 0 unspecified atom stereocenters. The summed E-state index contributed by atoms with van der Waals surface area (Å²) in [6.45, 7) is 3.61. The molecule has 2 amide bonds. The van der Waals surface area contributed by atoms with Crippen LogP contribution in [0.25, 0.3) is 0 Å². The fraction of sp³-hybridized carbons (Fsp3) is 0.526. The molecular weight excluding hydrogens is 338 g/mol. The number of nitrogens with one attached hydrogen (secondary N) is 2. The number of halogens is 1. The second-order valence-corrected chi connectivity index (χ2v) is 7.09. The Balaban J connectivity index is 1.82. The van der Waals surface area contributed by atoms with E-state index < -0.39 is 0 Å².